The van der Waals surface area contributed by atoms with Crippen LogP contribution in [0.1, 0.15) is 23.7 Å². The van der Waals surface area contributed by atoms with Crippen LogP contribution >= 0.6 is 0 Å². The van der Waals surface area contributed by atoms with E-state index < -0.39 is 0 Å². The fourth-order valence-electron chi connectivity index (χ4n) is 2.89. The molecule has 3 rings (SSSR count). The number of carbonyl (C=O) groups is 1. The summed E-state index contributed by atoms with van der Waals surface area (Å²) in [5.41, 5.74) is 0.532. The van der Waals surface area contributed by atoms with Gasteiger partial charge in [0, 0.05) is 23.5 Å². The van der Waals surface area contributed by atoms with E-state index in [9.17, 15) is 9.18 Å². The van der Waals surface area contributed by atoms with Crippen LogP contribution in [0.3, 0.4) is 0 Å². The van der Waals surface area contributed by atoms with Crippen LogP contribution in [0.25, 0.3) is 10.8 Å². The lowest BCUT2D eigenvalue weighted by Crippen LogP contribution is -2.50. The molecule has 1 heterocycles. The van der Waals surface area contributed by atoms with Crippen molar-refractivity contribution in [1.82, 2.24) is 10.6 Å². The predicted molar refractivity (Wildman–Crippen MR) is 81.8 cm³/mol. The van der Waals surface area contributed by atoms with Crippen LogP contribution in [0.5, 0.6) is 0 Å². The summed E-state index contributed by atoms with van der Waals surface area (Å²) in [6, 6.07) is 10.1. The maximum absolute atomic E-state index is 13.8. The monoisotopic (exact) mass is 286 g/mol. The zero-order valence-electron chi connectivity index (χ0n) is 12.0. The van der Waals surface area contributed by atoms with Crippen LogP contribution in [0.4, 0.5) is 4.39 Å². The van der Waals surface area contributed by atoms with Gasteiger partial charge in [0.2, 0.25) is 0 Å². The minimum atomic E-state index is -0.296. The molecule has 0 saturated carbocycles. The molecule has 2 N–H and O–H groups in total. The summed E-state index contributed by atoms with van der Waals surface area (Å²) in [5, 5.41) is 7.51. The van der Waals surface area contributed by atoms with E-state index >= 15 is 0 Å². The second kappa shape index (κ2) is 5.82. The smallest absolute Gasteiger partial charge is 0.252 e. The van der Waals surface area contributed by atoms with Crippen molar-refractivity contribution in [2.24, 2.45) is 5.92 Å². The standard InChI is InChI=1S/C17H19FN2O/c1-11-8-9-19-10-16(11)20-17(21)14-6-7-15(18)13-5-3-2-4-12(13)14/h2-7,11,16,19H,8-10H2,1H3,(H,20,21). The van der Waals surface area contributed by atoms with Crippen molar-refractivity contribution in [2.45, 2.75) is 19.4 Å². The van der Waals surface area contributed by atoms with Crippen molar-refractivity contribution in [2.75, 3.05) is 13.1 Å². The second-order valence-corrected chi connectivity index (χ2v) is 5.69. The van der Waals surface area contributed by atoms with Gasteiger partial charge >= 0.3 is 0 Å². The Morgan fingerprint density at radius 3 is 2.76 bits per heavy atom. The molecule has 1 amide bonds. The third-order valence-electron chi connectivity index (χ3n) is 4.26. The van der Waals surface area contributed by atoms with Gasteiger partial charge in [-0.1, -0.05) is 31.2 Å². The number of amides is 1. The highest BCUT2D eigenvalue weighted by molar-refractivity contribution is 6.07. The molecule has 2 atom stereocenters. The van der Waals surface area contributed by atoms with E-state index in [1.165, 1.54) is 6.07 Å². The molecule has 1 fully saturated rings. The molecule has 1 aliphatic heterocycles. The molecule has 4 heteroatoms. The second-order valence-electron chi connectivity index (χ2n) is 5.69. The molecular formula is C17H19FN2O. The average Bonchev–Trinajstić information content (AvgIpc) is 2.50. The summed E-state index contributed by atoms with van der Waals surface area (Å²) in [6.45, 7) is 3.92. The summed E-state index contributed by atoms with van der Waals surface area (Å²) in [5.74, 6) is 0.0171. The number of halogens is 1. The first-order chi connectivity index (χ1) is 10.2. The molecule has 110 valence electrons. The SMILES string of the molecule is CC1CCNCC1NC(=O)c1ccc(F)c2ccccc12. The quantitative estimate of drug-likeness (QED) is 0.891. The lowest BCUT2D eigenvalue weighted by Gasteiger charge is -2.30. The van der Waals surface area contributed by atoms with Crippen LogP contribution < -0.4 is 10.6 Å². The largest absolute Gasteiger partial charge is 0.348 e. The predicted octanol–water partition coefficient (Wildman–Crippen LogP) is 2.71. The maximum Gasteiger partial charge on any atom is 0.252 e. The van der Waals surface area contributed by atoms with Crippen LogP contribution in [0.2, 0.25) is 0 Å². The van der Waals surface area contributed by atoms with E-state index in [0.717, 1.165) is 19.5 Å². The van der Waals surface area contributed by atoms with Gasteiger partial charge in [0.25, 0.3) is 5.91 Å². The Hall–Kier alpha value is -1.94. The van der Waals surface area contributed by atoms with Crippen molar-refractivity contribution in [3.05, 3.63) is 47.8 Å². The molecule has 2 unspecified atom stereocenters. The Bertz CT molecular complexity index is 671. The normalized spacial score (nSPS) is 22.2. The molecule has 21 heavy (non-hydrogen) atoms. The highest BCUT2D eigenvalue weighted by atomic mass is 19.1. The Labute approximate surface area is 123 Å². The van der Waals surface area contributed by atoms with Crippen molar-refractivity contribution in [3.8, 4) is 0 Å². The fraction of sp³-hybridized carbons (Fsp3) is 0.353. The van der Waals surface area contributed by atoms with Crippen molar-refractivity contribution < 1.29 is 9.18 Å². The number of benzene rings is 2. The van der Waals surface area contributed by atoms with Crippen LogP contribution in [-0.2, 0) is 0 Å². The number of nitrogens with one attached hydrogen (secondary N) is 2. The number of carbonyl (C=O) groups excluding carboxylic acids is 1. The van der Waals surface area contributed by atoms with Gasteiger partial charge in [-0.2, -0.15) is 0 Å². The van der Waals surface area contributed by atoms with E-state index in [2.05, 4.69) is 17.6 Å². The van der Waals surface area contributed by atoms with Gasteiger partial charge in [-0.05, 0) is 36.4 Å². The van der Waals surface area contributed by atoms with Gasteiger partial charge in [-0.15, -0.1) is 0 Å². The Morgan fingerprint density at radius 2 is 2.00 bits per heavy atom. The summed E-state index contributed by atoms with van der Waals surface area (Å²) in [7, 11) is 0. The van der Waals surface area contributed by atoms with E-state index in [-0.39, 0.29) is 17.8 Å². The van der Waals surface area contributed by atoms with E-state index in [1.807, 2.05) is 6.07 Å². The minimum absolute atomic E-state index is 0.120. The summed E-state index contributed by atoms with van der Waals surface area (Å²) in [4.78, 5) is 12.5. The van der Waals surface area contributed by atoms with Gasteiger partial charge < -0.3 is 10.6 Å². The molecular weight excluding hydrogens is 267 g/mol. The Morgan fingerprint density at radius 1 is 1.24 bits per heavy atom. The molecule has 2 aromatic rings. The number of fused-ring (bicyclic) bond motifs is 1. The highest BCUT2D eigenvalue weighted by Gasteiger charge is 2.23. The summed E-state index contributed by atoms with van der Waals surface area (Å²) < 4.78 is 13.8. The zero-order chi connectivity index (χ0) is 14.8. The fourth-order valence-corrected chi connectivity index (χ4v) is 2.89. The van der Waals surface area contributed by atoms with Crippen LogP contribution in [0.15, 0.2) is 36.4 Å². The van der Waals surface area contributed by atoms with E-state index in [0.29, 0.717) is 22.3 Å². The molecule has 0 aromatic heterocycles. The van der Waals surface area contributed by atoms with Gasteiger partial charge in [0.15, 0.2) is 0 Å². The molecule has 3 nitrogen and oxygen atoms in total. The maximum atomic E-state index is 13.8. The van der Waals surface area contributed by atoms with Gasteiger partial charge in [-0.3, -0.25) is 4.79 Å². The van der Waals surface area contributed by atoms with Crippen molar-refractivity contribution >= 4 is 16.7 Å². The van der Waals surface area contributed by atoms with Gasteiger partial charge in [0.05, 0.1) is 0 Å². The minimum Gasteiger partial charge on any atom is -0.348 e. The van der Waals surface area contributed by atoms with E-state index in [1.54, 1.807) is 24.3 Å². The lowest BCUT2D eigenvalue weighted by atomic mass is 9.94. The third-order valence-corrected chi connectivity index (χ3v) is 4.26. The molecule has 0 radical (unpaired) electrons. The average molecular weight is 286 g/mol. The topological polar surface area (TPSA) is 41.1 Å². The third kappa shape index (κ3) is 2.76. The molecule has 1 aliphatic rings. The van der Waals surface area contributed by atoms with Gasteiger partial charge in [0.1, 0.15) is 5.82 Å². The van der Waals surface area contributed by atoms with Gasteiger partial charge in [-0.25, -0.2) is 4.39 Å². The van der Waals surface area contributed by atoms with Crippen molar-refractivity contribution in [1.29, 1.82) is 0 Å². The zero-order valence-corrected chi connectivity index (χ0v) is 12.0. The van der Waals surface area contributed by atoms with Crippen LogP contribution in [0, 0.1) is 11.7 Å². The summed E-state index contributed by atoms with van der Waals surface area (Å²) in [6.07, 6.45) is 1.05. The number of rotatable bonds is 2. The van der Waals surface area contributed by atoms with Crippen molar-refractivity contribution in [3.63, 3.8) is 0 Å². The van der Waals surface area contributed by atoms with E-state index in [4.69, 9.17) is 0 Å². The Balaban J connectivity index is 1.89. The number of hydrogen-bond acceptors (Lipinski definition) is 2. The highest BCUT2D eigenvalue weighted by Crippen LogP contribution is 2.22. The lowest BCUT2D eigenvalue weighted by molar-refractivity contribution is 0.0917. The molecule has 1 saturated heterocycles. The Kier molecular flexibility index (Phi) is 3.88. The summed E-state index contributed by atoms with van der Waals surface area (Å²) >= 11 is 0. The first-order valence-corrected chi connectivity index (χ1v) is 7.35. The number of hydrogen-bond donors (Lipinski definition) is 2. The van der Waals surface area contributed by atoms with Crippen LogP contribution in [-0.4, -0.2) is 25.0 Å². The molecule has 0 bridgehead atoms. The first-order valence-electron chi connectivity index (χ1n) is 7.35. The number of piperidine rings is 1. The molecule has 0 aliphatic carbocycles. The molecule has 0 spiro atoms. The molecule has 2 aromatic carbocycles. The first kappa shape index (κ1) is 14.0.